The van der Waals surface area contributed by atoms with Crippen LogP contribution < -0.4 is 5.73 Å². The van der Waals surface area contributed by atoms with Gasteiger partial charge in [-0.2, -0.15) is 0 Å². The molecule has 0 radical (unpaired) electrons. The smallest absolute Gasteiger partial charge is 0.239 e. The predicted octanol–water partition coefficient (Wildman–Crippen LogP) is 4.52. The molecule has 35 heavy (non-hydrogen) atoms. The van der Waals surface area contributed by atoms with Crippen LogP contribution in [0, 0.1) is 12.4 Å². The van der Waals surface area contributed by atoms with Crippen molar-refractivity contribution < 1.29 is 18.3 Å². The lowest BCUT2D eigenvalue weighted by molar-refractivity contribution is -0.138. The number of amidine groups is 1. The normalized spacial score (nSPS) is 25.1. The number of rotatable bonds is 4. The van der Waals surface area contributed by atoms with Crippen LogP contribution in [0.4, 0.5) is 14.5 Å². The molecule has 7 nitrogen and oxygen atoms in total. The Hall–Kier alpha value is -3.29. The lowest BCUT2D eigenvalue weighted by Gasteiger charge is -2.43. The summed E-state index contributed by atoms with van der Waals surface area (Å²) in [5.74, 6) is -1.24. The van der Waals surface area contributed by atoms with Crippen molar-refractivity contribution in [2.24, 2.45) is 10.7 Å². The molecule has 10 heteroatoms. The standard InChI is InChI=1S/C25H25F2N5O2S/c1-24(15-25(2,35-23(28)31-24)22(33)32-8-10-34-11-9-32)18-12-16(4-6-19(18)26)13-20(27)21-7-5-17(29-3)14-30-21/h4-7,12-14H,8-11,15H2,1-2H3,(H2,28,31)/b20-13-/t24-,25+/m0/s1. The van der Waals surface area contributed by atoms with Crippen molar-refractivity contribution in [1.29, 1.82) is 0 Å². The van der Waals surface area contributed by atoms with E-state index in [0.717, 1.165) is 0 Å². The van der Waals surface area contributed by atoms with Crippen LogP contribution >= 0.6 is 11.8 Å². The zero-order valence-corrected chi connectivity index (χ0v) is 20.2. The Balaban J connectivity index is 1.66. The van der Waals surface area contributed by atoms with E-state index in [1.165, 1.54) is 54.4 Å². The van der Waals surface area contributed by atoms with E-state index in [0.29, 0.717) is 37.6 Å². The van der Waals surface area contributed by atoms with Crippen LogP contribution in [0.3, 0.4) is 0 Å². The summed E-state index contributed by atoms with van der Waals surface area (Å²) in [4.78, 5) is 26.9. The van der Waals surface area contributed by atoms with Gasteiger partial charge in [-0.3, -0.25) is 14.8 Å². The molecule has 2 N–H and O–H groups in total. The Morgan fingerprint density at radius 1 is 1.29 bits per heavy atom. The number of nitrogens with two attached hydrogens (primary N) is 1. The first kappa shape index (κ1) is 24.8. The van der Waals surface area contributed by atoms with Gasteiger partial charge in [0.2, 0.25) is 11.6 Å². The second kappa shape index (κ2) is 9.76. The van der Waals surface area contributed by atoms with Gasteiger partial charge in [-0.1, -0.05) is 23.9 Å². The monoisotopic (exact) mass is 497 g/mol. The zero-order valence-electron chi connectivity index (χ0n) is 19.4. The minimum Gasteiger partial charge on any atom is -0.378 e. The number of hydrogen-bond acceptors (Lipinski definition) is 6. The molecule has 0 bridgehead atoms. The molecule has 2 atom stereocenters. The number of carbonyl (C=O) groups excluding carboxylic acids is 1. The first-order valence-corrected chi connectivity index (χ1v) is 11.9. The number of carbonyl (C=O) groups is 1. The molecule has 3 heterocycles. The molecule has 1 saturated heterocycles. The third-order valence-corrected chi connectivity index (χ3v) is 7.17. The average Bonchev–Trinajstić information content (AvgIpc) is 2.84. The van der Waals surface area contributed by atoms with Gasteiger partial charge in [0.1, 0.15) is 16.4 Å². The second-order valence-electron chi connectivity index (χ2n) is 8.88. The highest BCUT2D eigenvalue weighted by Gasteiger charge is 2.49. The fourth-order valence-corrected chi connectivity index (χ4v) is 5.74. The van der Waals surface area contributed by atoms with Gasteiger partial charge in [-0.05, 0) is 43.7 Å². The minimum atomic E-state index is -1.13. The van der Waals surface area contributed by atoms with E-state index >= 15 is 4.39 Å². The topological polar surface area (TPSA) is 85.2 Å². The van der Waals surface area contributed by atoms with Crippen LogP contribution in [0.5, 0.6) is 0 Å². The maximum absolute atomic E-state index is 15.1. The van der Waals surface area contributed by atoms with Crippen LogP contribution in [0.25, 0.3) is 16.7 Å². The second-order valence-corrected chi connectivity index (χ2v) is 10.4. The highest BCUT2D eigenvalue weighted by molar-refractivity contribution is 8.15. The Kier molecular flexibility index (Phi) is 6.92. The maximum Gasteiger partial charge on any atom is 0.239 e. The third kappa shape index (κ3) is 5.21. The number of aromatic nitrogens is 1. The number of hydrogen-bond donors (Lipinski definition) is 1. The molecule has 0 saturated carbocycles. The first-order chi connectivity index (χ1) is 16.6. The van der Waals surface area contributed by atoms with Crippen LogP contribution in [-0.2, 0) is 15.1 Å². The lowest BCUT2D eigenvalue weighted by Crippen LogP contribution is -2.54. The molecule has 2 aromatic rings. The fourth-order valence-electron chi connectivity index (χ4n) is 4.46. The van der Waals surface area contributed by atoms with E-state index in [-0.39, 0.29) is 28.8 Å². The number of aliphatic imine (C=N–C) groups is 1. The summed E-state index contributed by atoms with van der Waals surface area (Å²) >= 11 is 1.18. The number of morpholine rings is 1. The summed E-state index contributed by atoms with van der Waals surface area (Å²) in [5.41, 5.74) is 6.02. The third-order valence-electron chi connectivity index (χ3n) is 6.10. The van der Waals surface area contributed by atoms with Gasteiger partial charge in [0.15, 0.2) is 5.17 Å². The Labute approximate surface area is 206 Å². The summed E-state index contributed by atoms with van der Waals surface area (Å²) in [7, 11) is 0. The van der Waals surface area contributed by atoms with E-state index in [4.69, 9.17) is 17.0 Å². The molecular weight excluding hydrogens is 472 g/mol. The summed E-state index contributed by atoms with van der Waals surface area (Å²) in [6.07, 6.45) is 2.75. The number of benzene rings is 1. The van der Waals surface area contributed by atoms with E-state index in [9.17, 15) is 9.18 Å². The molecule has 2 aliphatic rings. The summed E-state index contributed by atoms with van der Waals surface area (Å²) in [6.45, 7) is 12.4. The van der Waals surface area contributed by atoms with E-state index in [1.807, 2.05) is 0 Å². The molecule has 1 aromatic carbocycles. The van der Waals surface area contributed by atoms with Crippen molar-refractivity contribution in [3.8, 4) is 0 Å². The van der Waals surface area contributed by atoms with Crippen LogP contribution in [0.2, 0.25) is 0 Å². The number of nitrogens with zero attached hydrogens (tertiary/aromatic N) is 4. The van der Waals surface area contributed by atoms with Gasteiger partial charge in [-0.15, -0.1) is 0 Å². The van der Waals surface area contributed by atoms with Gasteiger partial charge < -0.3 is 15.4 Å². The van der Waals surface area contributed by atoms with E-state index < -0.39 is 21.9 Å². The summed E-state index contributed by atoms with van der Waals surface area (Å²) < 4.78 is 34.3. The predicted molar refractivity (Wildman–Crippen MR) is 133 cm³/mol. The van der Waals surface area contributed by atoms with Gasteiger partial charge in [0.25, 0.3) is 0 Å². The van der Waals surface area contributed by atoms with Crippen LogP contribution in [-0.4, -0.2) is 52.0 Å². The Bertz CT molecular complexity index is 1240. The van der Waals surface area contributed by atoms with Gasteiger partial charge in [0.05, 0.1) is 31.0 Å². The number of pyridine rings is 1. The van der Waals surface area contributed by atoms with Crippen LogP contribution in [0.1, 0.15) is 37.1 Å². The fraction of sp³-hybridized carbons (Fsp3) is 0.360. The number of amides is 1. The Morgan fingerprint density at radius 3 is 2.69 bits per heavy atom. The number of halogens is 2. The zero-order chi connectivity index (χ0) is 25.2. The molecule has 1 fully saturated rings. The molecule has 2 aliphatic heterocycles. The lowest BCUT2D eigenvalue weighted by atomic mass is 9.81. The molecule has 4 rings (SSSR count). The number of thioether (sulfide) groups is 1. The van der Waals surface area contributed by atoms with Crippen molar-refractivity contribution in [1.82, 2.24) is 9.88 Å². The number of ether oxygens (including phenoxy) is 1. The average molecular weight is 498 g/mol. The molecular formula is C25H25F2N5O2S. The van der Waals surface area contributed by atoms with E-state index in [1.54, 1.807) is 18.7 Å². The summed E-state index contributed by atoms with van der Waals surface area (Å²) in [6, 6.07) is 7.12. The Morgan fingerprint density at radius 2 is 2.03 bits per heavy atom. The molecule has 182 valence electrons. The SMILES string of the molecule is [C-]#[N+]c1ccc(/C(F)=C/c2ccc(F)c([C@]3(C)C[C@](C)(C(=O)N4CCOCC4)SC(N)=N3)c2)nc1. The highest BCUT2D eigenvalue weighted by Crippen LogP contribution is 2.47. The van der Waals surface area contributed by atoms with Crippen molar-refractivity contribution >= 4 is 40.4 Å². The van der Waals surface area contributed by atoms with Crippen molar-refractivity contribution in [2.75, 3.05) is 26.3 Å². The quantitative estimate of drug-likeness (QED) is 0.628. The molecule has 1 amide bonds. The van der Waals surface area contributed by atoms with Crippen molar-refractivity contribution in [3.63, 3.8) is 0 Å². The van der Waals surface area contributed by atoms with Gasteiger partial charge in [-0.25, -0.2) is 13.6 Å². The van der Waals surface area contributed by atoms with Gasteiger partial charge >= 0.3 is 0 Å². The van der Waals surface area contributed by atoms with E-state index in [2.05, 4.69) is 14.8 Å². The highest BCUT2D eigenvalue weighted by atomic mass is 32.2. The first-order valence-electron chi connectivity index (χ1n) is 11.1. The van der Waals surface area contributed by atoms with Crippen molar-refractivity contribution in [3.05, 3.63) is 70.6 Å². The van der Waals surface area contributed by atoms with Crippen LogP contribution in [0.15, 0.2) is 41.5 Å². The minimum absolute atomic E-state index is 0.0644. The van der Waals surface area contributed by atoms with Gasteiger partial charge in [0, 0.05) is 31.3 Å². The molecule has 1 aromatic heterocycles. The van der Waals surface area contributed by atoms with Crippen molar-refractivity contribution in [2.45, 2.75) is 30.6 Å². The maximum atomic E-state index is 15.1. The largest absolute Gasteiger partial charge is 0.378 e. The molecule has 0 aliphatic carbocycles. The summed E-state index contributed by atoms with van der Waals surface area (Å²) in [5, 5.41) is 0.193. The molecule has 0 spiro atoms. The molecule has 0 unspecified atom stereocenters.